The summed E-state index contributed by atoms with van der Waals surface area (Å²) in [6.07, 6.45) is 9.24. The second-order valence-electron chi connectivity index (χ2n) is 13.4. The number of nitrogens with one attached hydrogen (secondary N) is 2. The molecule has 7 aliphatic rings. The number of rotatable bonds is 6. The van der Waals surface area contributed by atoms with Crippen molar-refractivity contribution in [3.63, 3.8) is 0 Å². The molecule has 8 nitrogen and oxygen atoms in total. The topological polar surface area (TPSA) is 77.5 Å². The summed E-state index contributed by atoms with van der Waals surface area (Å²) in [5, 5.41) is 22.0. The molecule has 220 valence electrons. The predicted octanol–water partition coefficient (Wildman–Crippen LogP) is 3.34. The molecule has 40 heavy (non-hydrogen) atoms. The van der Waals surface area contributed by atoms with Crippen molar-refractivity contribution >= 4 is 0 Å². The number of likely N-dealkylation sites (tertiary alicyclic amines) is 1. The Labute approximate surface area is 233 Å². The minimum atomic E-state index is -4.65. The van der Waals surface area contributed by atoms with Crippen LogP contribution in [0.15, 0.2) is 47.7 Å². The number of halogens is 3. The fourth-order valence-corrected chi connectivity index (χ4v) is 8.07. The van der Waals surface area contributed by atoms with Crippen LogP contribution in [0.25, 0.3) is 0 Å². The van der Waals surface area contributed by atoms with E-state index in [9.17, 15) is 23.4 Å². The minimum Gasteiger partial charge on any atom is -0.349 e. The van der Waals surface area contributed by atoms with Crippen LogP contribution in [0, 0.1) is 23.2 Å². The van der Waals surface area contributed by atoms with Gasteiger partial charge in [0.2, 0.25) is 0 Å². The quantitative estimate of drug-likeness (QED) is 0.368. The first-order chi connectivity index (χ1) is 19.0. The zero-order chi connectivity index (χ0) is 28.0. The van der Waals surface area contributed by atoms with E-state index in [0.717, 1.165) is 51.3 Å². The second-order valence-corrected chi connectivity index (χ2v) is 13.4. The SMILES string of the molecule is C=C1N2C=C(C(O)(O)N3CC4(CC4)C3)C=C(C(F)(F)F)C2=CN1C1CCC[C@H](C(C2CCC2)C2NNCN2C)C1. The summed E-state index contributed by atoms with van der Waals surface area (Å²) < 4.78 is 43.1. The highest BCUT2D eigenvalue weighted by atomic mass is 19.4. The van der Waals surface area contributed by atoms with E-state index in [0.29, 0.717) is 36.7 Å². The van der Waals surface area contributed by atoms with E-state index >= 15 is 0 Å². The van der Waals surface area contributed by atoms with Crippen LogP contribution in [0.5, 0.6) is 0 Å². The van der Waals surface area contributed by atoms with Crippen molar-refractivity contribution in [2.24, 2.45) is 23.2 Å². The standard InChI is InChI=1S/C29H41F3N6O2/c1-18-37(22-8-4-7-20(11-22)25(19-5-3-6-19)26-34-33-17-35(26)2)14-24-23(28(30,31)32)12-21(13-38(18)24)29(39,40)36-15-27(16-36)9-10-27/h12-14,19-20,22,25-26,33-34,39-40H,1,3-11,15-17H2,2H3/t20-,22?,25?,26?/m0/s1. The van der Waals surface area contributed by atoms with Gasteiger partial charge in [-0.25, -0.2) is 15.8 Å². The average molecular weight is 563 g/mol. The molecule has 0 radical (unpaired) electrons. The first-order valence-electron chi connectivity index (χ1n) is 14.9. The lowest BCUT2D eigenvalue weighted by atomic mass is 9.65. The molecule has 3 unspecified atom stereocenters. The number of hydrazine groups is 1. The van der Waals surface area contributed by atoms with Crippen molar-refractivity contribution < 1.29 is 23.4 Å². The lowest BCUT2D eigenvalue weighted by Crippen LogP contribution is -2.62. The van der Waals surface area contributed by atoms with E-state index in [-0.39, 0.29) is 28.9 Å². The molecular weight excluding hydrogens is 521 g/mol. The Morgan fingerprint density at radius 3 is 2.35 bits per heavy atom. The molecule has 5 fully saturated rings. The van der Waals surface area contributed by atoms with E-state index < -0.39 is 17.7 Å². The molecule has 11 heteroatoms. The van der Waals surface area contributed by atoms with Crippen molar-refractivity contribution in [3.05, 3.63) is 47.7 Å². The van der Waals surface area contributed by atoms with Gasteiger partial charge in [-0.3, -0.25) is 4.90 Å². The van der Waals surface area contributed by atoms with Crippen LogP contribution in [0.3, 0.4) is 0 Å². The van der Waals surface area contributed by atoms with Gasteiger partial charge in [0.1, 0.15) is 5.82 Å². The van der Waals surface area contributed by atoms with Crippen molar-refractivity contribution in [1.29, 1.82) is 0 Å². The van der Waals surface area contributed by atoms with Gasteiger partial charge in [-0.15, -0.1) is 0 Å². The van der Waals surface area contributed by atoms with Crippen molar-refractivity contribution in [3.8, 4) is 0 Å². The number of allylic oxidation sites excluding steroid dienone is 1. The Bertz CT molecular complexity index is 1150. The maximum atomic E-state index is 14.4. The third kappa shape index (κ3) is 4.35. The lowest BCUT2D eigenvalue weighted by molar-refractivity contribution is -0.266. The van der Waals surface area contributed by atoms with E-state index in [2.05, 4.69) is 29.4 Å². The number of alkyl halides is 3. The summed E-state index contributed by atoms with van der Waals surface area (Å²) in [4.78, 5) is 7.11. The van der Waals surface area contributed by atoms with Gasteiger partial charge >= 0.3 is 6.18 Å². The summed E-state index contributed by atoms with van der Waals surface area (Å²) in [7, 11) is 2.14. The maximum Gasteiger partial charge on any atom is 0.418 e. The van der Waals surface area contributed by atoms with Crippen molar-refractivity contribution in [2.45, 2.75) is 82.1 Å². The zero-order valence-electron chi connectivity index (χ0n) is 23.1. The van der Waals surface area contributed by atoms with Gasteiger partial charge in [0.25, 0.3) is 5.91 Å². The van der Waals surface area contributed by atoms with Crippen molar-refractivity contribution in [1.82, 2.24) is 30.5 Å². The molecule has 4 N–H and O–H groups in total. The Hall–Kier alpha value is -1.89. The third-order valence-corrected chi connectivity index (χ3v) is 10.8. The molecule has 0 aromatic heterocycles. The monoisotopic (exact) mass is 562 g/mol. The first kappa shape index (κ1) is 27.0. The molecule has 4 aliphatic heterocycles. The van der Waals surface area contributed by atoms with E-state index in [1.165, 1.54) is 35.3 Å². The molecule has 2 saturated heterocycles. The van der Waals surface area contributed by atoms with Gasteiger partial charge in [0, 0.05) is 37.1 Å². The molecule has 4 atom stereocenters. The molecule has 0 aromatic carbocycles. The van der Waals surface area contributed by atoms with Gasteiger partial charge in [-0.2, -0.15) is 13.2 Å². The summed E-state index contributed by atoms with van der Waals surface area (Å²) in [5.74, 6) is -0.428. The Morgan fingerprint density at radius 1 is 1.05 bits per heavy atom. The predicted molar refractivity (Wildman–Crippen MR) is 143 cm³/mol. The maximum absolute atomic E-state index is 14.4. The Balaban J connectivity index is 1.14. The number of hydrogen-bond acceptors (Lipinski definition) is 8. The van der Waals surface area contributed by atoms with Crippen LogP contribution in [0.4, 0.5) is 13.2 Å². The fraction of sp³-hybridized carbons (Fsp3) is 0.724. The number of hydrogen-bond donors (Lipinski definition) is 4. The second kappa shape index (κ2) is 9.31. The minimum absolute atomic E-state index is 0.00150. The number of fused-ring (bicyclic) bond motifs is 1. The van der Waals surface area contributed by atoms with Gasteiger partial charge in [-0.05, 0) is 68.4 Å². The van der Waals surface area contributed by atoms with Crippen LogP contribution in [0.1, 0.15) is 57.8 Å². The first-order valence-corrected chi connectivity index (χ1v) is 14.9. The highest BCUT2D eigenvalue weighted by molar-refractivity contribution is 5.51. The highest BCUT2D eigenvalue weighted by Crippen LogP contribution is 2.55. The molecular formula is C29H41F3N6O2. The van der Waals surface area contributed by atoms with Crippen LogP contribution in [-0.4, -0.2) is 80.9 Å². The Kier molecular flexibility index (Phi) is 6.28. The Morgan fingerprint density at radius 2 is 1.75 bits per heavy atom. The van der Waals surface area contributed by atoms with Crippen LogP contribution in [-0.2, 0) is 0 Å². The van der Waals surface area contributed by atoms with E-state index in [4.69, 9.17) is 0 Å². The summed E-state index contributed by atoms with van der Waals surface area (Å²) in [6, 6.07) is 0.0380. The smallest absolute Gasteiger partial charge is 0.349 e. The van der Waals surface area contributed by atoms with Gasteiger partial charge < -0.3 is 20.0 Å². The molecule has 0 amide bonds. The van der Waals surface area contributed by atoms with Gasteiger partial charge in [0.15, 0.2) is 0 Å². The molecule has 4 heterocycles. The molecule has 0 bridgehead atoms. The lowest BCUT2D eigenvalue weighted by Gasteiger charge is -2.48. The molecule has 0 aromatic rings. The largest absolute Gasteiger partial charge is 0.418 e. The van der Waals surface area contributed by atoms with E-state index in [1.54, 1.807) is 6.20 Å². The van der Waals surface area contributed by atoms with E-state index in [1.807, 2.05) is 4.90 Å². The van der Waals surface area contributed by atoms with Crippen LogP contribution >= 0.6 is 0 Å². The highest BCUT2D eigenvalue weighted by Gasteiger charge is 2.59. The summed E-state index contributed by atoms with van der Waals surface area (Å²) in [5.41, 5.74) is 5.84. The number of aliphatic hydroxyl groups is 2. The molecule has 3 aliphatic carbocycles. The van der Waals surface area contributed by atoms with Crippen LogP contribution < -0.4 is 10.9 Å². The summed E-state index contributed by atoms with van der Waals surface area (Å²) in [6.45, 7) is 5.97. The fourth-order valence-electron chi connectivity index (χ4n) is 8.07. The number of nitrogens with zero attached hydrogens (tertiary/aromatic N) is 4. The summed E-state index contributed by atoms with van der Waals surface area (Å²) >= 11 is 0. The normalized spacial score (nSPS) is 33.8. The van der Waals surface area contributed by atoms with Gasteiger partial charge in [-0.1, -0.05) is 32.3 Å². The molecule has 1 spiro atoms. The van der Waals surface area contributed by atoms with Crippen molar-refractivity contribution in [2.75, 3.05) is 26.8 Å². The zero-order valence-corrected chi connectivity index (χ0v) is 23.1. The molecule has 3 saturated carbocycles. The van der Waals surface area contributed by atoms with Crippen LogP contribution in [0.2, 0.25) is 0 Å². The van der Waals surface area contributed by atoms with Gasteiger partial charge in [0.05, 0.1) is 24.1 Å². The third-order valence-electron chi connectivity index (χ3n) is 10.8. The average Bonchev–Trinajstić information content (AvgIpc) is 3.47. The molecule has 7 rings (SSSR count).